The fraction of sp³-hybridized carbons (Fsp3) is 0.949. The van der Waals surface area contributed by atoms with E-state index in [9.17, 15) is 9.59 Å². The van der Waals surface area contributed by atoms with Crippen LogP contribution in [0.5, 0.6) is 0 Å². The summed E-state index contributed by atoms with van der Waals surface area (Å²) in [6, 6.07) is 0. The van der Waals surface area contributed by atoms with Crippen LogP contribution in [0.15, 0.2) is 0 Å². The van der Waals surface area contributed by atoms with Gasteiger partial charge in [-0.2, -0.15) is 0 Å². The lowest BCUT2D eigenvalue weighted by molar-refractivity contribution is -0.150. The maximum Gasteiger partial charge on any atom is 0.306 e. The quantitative estimate of drug-likeness (QED) is 0.0567. The Morgan fingerprint density at radius 3 is 1.02 bits per heavy atom. The first-order chi connectivity index (χ1) is 21.1. The fourth-order valence-corrected chi connectivity index (χ4v) is 6.19. The summed E-state index contributed by atoms with van der Waals surface area (Å²) in [7, 11) is 0. The maximum absolute atomic E-state index is 12.7. The summed E-state index contributed by atoms with van der Waals surface area (Å²) < 4.78 is 6.02. The lowest BCUT2D eigenvalue weighted by Gasteiger charge is -2.18. The molecule has 256 valence electrons. The highest BCUT2D eigenvalue weighted by atomic mass is 16.5. The zero-order valence-corrected chi connectivity index (χ0v) is 29.3. The van der Waals surface area contributed by atoms with Gasteiger partial charge in [0.25, 0.3) is 0 Å². The SMILES string of the molecule is CCCCCCCCCCCCCCCCC(=O)OC(CCCCCCCCCCC)CCCCCCCCCC(=O)O. The van der Waals surface area contributed by atoms with Crippen molar-refractivity contribution in [3.63, 3.8) is 0 Å². The molecule has 4 nitrogen and oxygen atoms in total. The minimum Gasteiger partial charge on any atom is -0.481 e. The standard InChI is InChI=1S/C39H76O4/c1-3-5-7-9-11-13-14-15-16-17-19-24-28-32-36-39(42)43-37(33-29-25-21-18-12-10-8-6-4-2)34-30-26-22-20-23-27-31-35-38(40)41/h37H,3-36H2,1-2H3,(H,40,41). The van der Waals surface area contributed by atoms with E-state index < -0.39 is 5.97 Å². The molecule has 0 radical (unpaired) electrons. The van der Waals surface area contributed by atoms with Crippen molar-refractivity contribution in [2.24, 2.45) is 0 Å². The summed E-state index contributed by atoms with van der Waals surface area (Å²) >= 11 is 0. The molecule has 0 aliphatic carbocycles. The molecule has 0 aromatic heterocycles. The number of carboxylic acid groups (broad SMARTS) is 1. The summed E-state index contributed by atoms with van der Waals surface area (Å²) in [5, 5.41) is 8.75. The Morgan fingerprint density at radius 2 is 0.698 bits per heavy atom. The molecule has 0 amide bonds. The highest BCUT2D eigenvalue weighted by Crippen LogP contribution is 2.19. The fourth-order valence-electron chi connectivity index (χ4n) is 6.19. The number of carbonyl (C=O) groups excluding carboxylic acids is 1. The second kappa shape index (κ2) is 35.4. The van der Waals surface area contributed by atoms with Gasteiger partial charge in [-0.15, -0.1) is 0 Å². The predicted molar refractivity (Wildman–Crippen MR) is 186 cm³/mol. The summed E-state index contributed by atoms with van der Waals surface area (Å²) in [4.78, 5) is 23.3. The lowest BCUT2D eigenvalue weighted by atomic mass is 10.0. The molecule has 0 aliphatic rings. The third-order valence-corrected chi connectivity index (χ3v) is 9.08. The summed E-state index contributed by atoms with van der Waals surface area (Å²) in [5.74, 6) is -0.657. The lowest BCUT2D eigenvalue weighted by Crippen LogP contribution is -2.18. The normalized spacial score (nSPS) is 12.0. The molecule has 4 heteroatoms. The van der Waals surface area contributed by atoms with Gasteiger partial charge in [-0.25, -0.2) is 0 Å². The van der Waals surface area contributed by atoms with E-state index in [1.54, 1.807) is 0 Å². The summed E-state index contributed by atoms with van der Waals surface area (Å²) in [6.07, 6.45) is 41.2. The highest BCUT2D eigenvalue weighted by molar-refractivity contribution is 5.69. The van der Waals surface area contributed by atoms with Gasteiger partial charge in [-0.3, -0.25) is 9.59 Å². The van der Waals surface area contributed by atoms with Gasteiger partial charge in [0.1, 0.15) is 6.10 Å². The van der Waals surface area contributed by atoms with Crippen LogP contribution in [-0.4, -0.2) is 23.1 Å². The van der Waals surface area contributed by atoms with Gasteiger partial charge in [0.15, 0.2) is 0 Å². The summed E-state index contributed by atoms with van der Waals surface area (Å²) in [6.45, 7) is 4.55. The van der Waals surface area contributed by atoms with E-state index in [0.717, 1.165) is 51.4 Å². The van der Waals surface area contributed by atoms with Crippen molar-refractivity contribution < 1.29 is 19.4 Å². The van der Waals surface area contributed by atoms with E-state index in [1.165, 1.54) is 154 Å². The molecule has 0 saturated carbocycles. The van der Waals surface area contributed by atoms with Crippen LogP contribution in [0.1, 0.15) is 232 Å². The molecule has 0 heterocycles. The van der Waals surface area contributed by atoms with Gasteiger partial charge in [-0.1, -0.05) is 181 Å². The van der Waals surface area contributed by atoms with Gasteiger partial charge in [0, 0.05) is 12.8 Å². The van der Waals surface area contributed by atoms with E-state index in [1.807, 2.05) is 0 Å². The third-order valence-electron chi connectivity index (χ3n) is 9.08. The molecule has 0 aromatic carbocycles. The van der Waals surface area contributed by atoms with Crippen LogP contribution in [-0.2, 0) is 14.3 Å². The largest absolute Gasteiger partial charge is 0.481 e. The van der Waals surface area contributed by atoms with Gasteiger partial charge >= 0.3 is 11.9 Å². The van der Waals surface area contributed by atoms with E-state index in [2.05, 4.69) is 13.8 Å². The maximum atomic E-state index is 12.7. The van der Waals surface area contributed by atoms with Crippen molar-refractivity contribution in [3.05, 3.63) is 0 Å². The van der Waals surface area contributed by atoms with Crippen LogP contribution in [0.4, 0.5) is 0 Å². The molecule has 0 aliphatic heterocycles. The Balaban J connectivity index is 3.99. The van der Waals surface area contributed by atoms with Crippen molar-refractivity contribution >= 4 is 11.9 Å². The molecule has 0 bridgehead atoms. The molecule has 1 atom stereocenters. The third kappa shape index (κ3) is 35.3. The molecule has 1 N–H and O–H groups in total. The minimum atomic E-state index is -0.683. The molecule has 43 heavy (non-hydrogen) atoms. The number of esters is 1. The van der Waals surface area contributed by atoms with Crippen LogP contribution in [0.2, 0.25) is 0 Å². The number of hydrogen-bond acceptors (Lipinski definition) is 3. The topological polar surface area (TPSA) is 63.6 Å². The molecule has 0 fully saturated rings. The molecule has 0 aromatic rings. The van der Waals surface area contributed by atoms with Crippen molar-refractivity contribution in [1.82, 2.24) is 0 Å². The van der Waals surface area contributed by atoms with Gasteiger partial charge < -0.3 is 9.84 Å². The molecule has 0 spiro atoms. The van der Waals surface area contributed by atoms with Gasteiger partial charge in [0.2, 0.25) is 0 Å². The Bertz CT molecular complexity index is 576. The second-order valence-corrected chi connectivity index (χ2v) is 13.5. The number of unbranched alkanes of at least 4 members (excludes halogenated alkanes) is 27. The molecular weight excluding hydrogens is 532 g/mol. The van der Waals surface area contributed by atoms with Gasteiger partial charge in [0.05, 0.1) is 0 Å². The van der Waals surface area contributed by atoms with Crippen molar-refractivity contribution in [3.8, 4) is 0 Å². The van der Waals surface area contributed by atoms with Crippen LogP contribution in [0.3, 0.4) is 0 Å². The van der Waals surface area contributed by atoms with Crippen LogP contribution >= 0.6 is 0 Å². The highest BCUT2D eigenvalue weighted by Gasteiger charge is 2.14. The van der Waals surface area contributed by atoms with Crippen molar-refractivity contribution in [1.29, 1.82) is 0 Å². The van der Waals surface area contributed by atoms with E-state index in [-0.39, 0.29) is 12.1 Å². The minimum absolute atomic E-state index is 0.0262. The Hall–Kier alpha value is -1.06. The Labute approximate surface area is 269 Å². The zero-order chi connectivity index (χ0) is 31.5. The number of carbonyl (C=O) groups is 2. The Morgan fingerprint density at radius 1 is 0.419 bits per heavy atom. The average Bonchev–Trinajstić information content (AvgIpc) is 2.99. The van der Waals surface area contributed by atoms with Crippen LogP contribution in [0, 0.1) is 0 Å². The molecular formula is C39H76O4. The van der Waals surface area contributed by atoms with E-state index in [4.69, 9.17) is 9.84 Å². The molecule has 0 saturated heterocycles. The Kier molecular flexibility index (Phi) is 34.5. The van der Waals surface area contributed by atoms with E-state index >= 15 is 0 Å². The first-order valence-corrected chi connectivity index (χ1v) is 19.5. The zero-order valence-electron chi connectivity index (χ0n) is 29.3. The average molecular weight is 609 g/mol. The molecule has 0 rings (SSSR count). The number of hydrogen-bond donors (Lipinski definition) is 1. The van der Waals surface area contributed by atoms with E-state index in [0.29, 0.717) is 12.8 Å². The van der Waals surface area contributed by atoms with Crippen molar-refractivity contribution in [2.45, 2.75) is 238 Å². The number of carboxylic acids is 1. The second-order valence-electron chi connectivity index (χ2n) is 13.5. The molecule has 1 unspecified atom stereocenters. The first kappa shape index (κ1) is 41.9. The number of aliphatic carboxylic acids is 1. The van der Waals surface area contributed by atoms with Crippen molar-refractivity contribution in [2.75, 3.05) is 0 Å². The number of rotatable bonds is 36. The first-order valence-electron chi connectivity index (χ1n) is 19.5. The smallest absolute Gasteiger partial charge is 0.306 e. The van der Waals surface area contributed by atoms with Crippen LogP contribution in [0.25, 0.3) is 0 Å². The van der Waals surface area contributed by atoms with Gasteiger partial charge in [-0.05, 0) is 38.5 Å². The number of ether oxygens (including phenoxy) is 1. The predicted octanol–water partition coefficient (Wildman–Crippen LogP) is 13.3. The summed E-state index contributed by atoms with van der Waals surface area (Å²) in [5.41, 5.74) is 0. The van der Waals surface area contributed by atoms with Crippen LogP contribution < -0.4 is 0 Å². The monoisotopic (exact) mass is 609 g/mol.